The molecule has 0 saturated heterocycles. The molecule has 0 bridgehead atoms. The number of hydrogen-bond acceptors (Lipinski definition) is 3. The van der Waals surface area contributed by atoms with Gasteiger partial charge in [-0.25, -0.2) is 9.97 Å². The summed E-state index contributed by atoms with van der Waals surface area (Å²) in [7, 11) is 0. The van der Waals surface area contributed by atoms with E-state index in [-0.39, 0.29) is 0 Å². The van der Waals surface area contributed by atoms with Gasteiger partial charge in [0.2, 0.25) is 0 Å². The molecule has 0 aliphatic rings. The smallest absolute Gasteiger partial charge is 0.168 e. The van der Waals surface area contributed by atoms with Crippen LogP contribution in [0.4, 0.5) is 0 Å². The third-order valence-electron chi connectivity index (χ3n) is 1.38. The van der Waals surface area contributed by atoms with Gasteiger partial charge in [0.25, 0.3) is 0 Å². The Morgan fingerprint density at radius 3 is 3.30 bits per heavy atom. The molecule has 0 spiro atoms. The molecule has 10 heavy (non-hydrogen) atoms. The first-order valence-electron chi connectivity index (χ1n) is 3.18. The van der Waals surface area contributed by atoms with Crippen LogP contribution < -0.4 is 0 Å². The van der Waals surface area contributed by atoms with Crippen molar-refractivity contribution in [1.82, 2.24) is 15.0 Å². The van der Waals surface area contributed by atoms with E-state index in [9.17, 15) is 0 Å². The fourth-order valence-electron chi connectivity index (χ4n) is 0.860. The molecule has 0 unspecified atom stereocenters. The topological polar surface area (TPSA) is 41.6 Å². The Kier molecular flexibility index (Phi) is 1.20. The van der Waals surface area contributed by atoms with Crippen molar-refractivity contribution in [3.63, 3.8) is 0 Å². The number of nitrogens with zero attached hydrogens (tertiary/aromatic N) is 2. The van der Waals surface area contributed by atoms with Gasteiger partial charge in [0.15, 0.2) is 10.5 Å². The van der Waals surface area contributed by atoms with Crippen LogP contribution >= 0.6 is 11.3 Å². The maximum atomic E-state index is 4.29. The van der Waals surface area contributed by atoms with Crippen LogP contribution in [0, 0.1) is 0 Å². The Bertz CT molecular complexity index is 307. The molecule has 2 aromatic rings. The van der Waals surface area contributed by atoms with E-state index < -0.39 is 0 Å². The van der Waals surface area contributed by atoms with E-state index in [0.717, 1.165) is 22.7 Å². The lowest BCUT2D eigenvalue weighted by Gasteiger charge is -1.81. The zero-order chi connectivity index (χ0) is 6.97. The minimum absolute atomic E-state index is 0.918. The molecule has 0 fully saturated rings. The van der Waals surface area contributed by atoms with Crippen LogP contribution in [0.25, 0.3) is 10.5 Å². The van der Waals surface area contributed by atoms with Crippen LogP contribution in [-0.4, -0.2) is 15.0 Å². The standard InChI is InChI=1S/C6H7N3S/c1-2-4-8-5-6(9-4)10-3-7-5/h3H,2H2,1H3,(H,8,9). The SMILES string of the molecule is CCc1nc2scnc2[nH]1. The number of H-pyrrole nitrogens is 1. The summed E-state index contributed by atoms with van der Waals surface area (Å²) in [5.41, 5.74) is 2.72. The van der Waals surface area contributed by atoms with Crippen LogP contribution in [0.3, 0.4) is 0 Å². The van der Waals surface area contributed by atoms with Crippen molar-refractivity contribution in [2.45, 2.75) is 13.3 Å². The lowest BCUT2D eigenvalue weighted by atomic mass is 10.5. The van der Waals surface area contributed by atoms with Crippen LogP contribution in [0.1, 0.15) is 12.7 Å². The number of fused-ring (bicyclic) bond motifs is 1. The van der Waals surface area contributed by atoms with Gasteiger partial charge in [-0.05, 0) is 0 Å². The summed E-state index contributed by atoms with van der Waals surface area (Å²) >= 11 is 1.57. The summed E-state index contributed by atoms with van der Waals surface area (Å²) in [5, 5.41) is 0. The Balaban J connectivity index is 2.67. The number of hydrogen-bond donors (Lipinski definition) is 1. The van der Waals surface area contributed by atoms with Crippen molar-refractivity contribution in [3.8, 4) is 0 Å². The zero-order valence-corrected chi connectivity index (χ0v) is 6.40. The molecule has 52 valence electrons. The summed E-state index contributed by atoms with van der Waals surface area (Å²) < 4.78 is 0. The molecule has 3 nitrogen and oxygen atoms in total. The number of nitrogens with one attached hydrogen (secondary N) is 1. The van der Waals surface area contributed by atoms with E-state index in [1.54, 1.807) is 16.8 Å². The summed E-state index contributed by atoms with van der Waals surface area (Å²) in [5.74, 6) is 1.02. The monoisotopic (exact) mass is 153 g/mol. The number of thiazole rings is 1. The van der Waals surface area contributed by atoms with Gasteiger partial charge in [-0.3, -0.25) is 0 Å². The molecule has 0 aromatic carbocycles. The van der Waals surface area contributed by atoms with E-state index in [0.29, 0.717) is 0 Å². The average Bonchev–Trinajstić information content (AvgIpc) is 2.42. The summed E-state index contributed by atoms with van der Waals surface area (Å²) in [6.07, 6.45) is 0.948. The first-order valence-corrected chi connectivity index (χ1v) is 4.06. The normalized spacial score (nSPS) is 10.9. The number of rotatable bonds is 1. The van der Waals surface area contributed by atoms with E-state index in [4.69, 9.17) is 0 Å². The molecule has 2 heterocycles. The Morgan fingerprint density at radius 2 is 2.60 bits per heavy atom. The molecule has 2 rings (SSSR count). The summed E-state index contributed by atoms with van der Waals surface area (Å²) in [4.78, 5) is 12.5. The first kappa shape index (κ1) is 5.85. The van der Waals surface area contributed by atoms with Crippen molar-refractivity contribution in [3.05, 3.63) is 11.3 Å². The lowest BCUT2D eigenvalue weighted by molar-refractivity contribution is 0.997. The molecule has 4 heteroatoms. The first-order chi connectivity index (χ1) is 4.90. The van der Waals surface area contributed by atoms with Gasteiger partial charge in [-0.15, -0.1) is 11.3 Å². The highest BCUT2D eigenvalue weighted by molar-refractivity contribution is 7.16. The minimum Gasteiger partial charge on any atom is -0.326 e. The van der Waals surface area contributed by atoms with Crippen LogP contribution in [0.2, 0.25) is 0 Å². The van der Waals surface area contributed by atoms with Gasteiger partial charge >= 0.3 is 0 Å². The van der Waals surface area contributed by atoms with Gasteiger partial charge in [-0.1, -0.05) is 6.92 Å². The number of imidazole rings is 1. The molecular weight excluding hydrogens is 146 g/mol. The van der Waals surface area contributed by atoms with Crippen molar-refractivity contribution in [2.75, 3.05) is 0 Å². The predicted molar refractivity (Wildman–Crippen MR) is 41.1 cm³/mol. The van der Waals surface area contributed by atoms with E-state index in [2.05, 4.69) is 21.9 Å². The lowest BCUT2D eigenvalue weighted by Crippen LogP contribution is -1.80. The highest BCUT2D eigenvalue weighted by Crippen LogP contribution is 2.13. The highest BCUT2D eigenvalue weighted by Gasteiger charge is 2.00. The van der Waals surface area contributed by atoms with Gasteiger partial charge in [-0.2, -0.15) is 0 Å². The van der Waals surface area contributed by atoms with Gasteiger partial charge in [0.1, 0.15) is 5.82 Å². The van der Waals surface area contributed by atoms with Crippen LogP contribution in [-0.2, 0) is 6.42 Å². The zero-order valence-electron chi connectivity index (χ0n) is 5.59. The second kappa shape index (κ2) is 2.05. The fourth-order valence-corrected chi connectivity index (χ4v) is 1.50. The number of aromatic nitrogens is 3. The molecule has 0 atom stereocenters. The highest BCUT2D eigenvalue weighted by atomic mass is 32.1. The maximum Gasteiger partial charge on any atom is 0.168 e. The molecule has 0 radical (unpaired) electrons. The van der Waals surface area contributed by atoms with Gasteiger partial charge < -0.3 is 4.98 Å². The van der Waals surface area contributed by atoms with E-state index >= 15 is 0 Å². The number of aryl methyl sites for hydroxylation is 1. The van der Waals surface area contributed by atoms with Crippen molar-refractivity contribution in [2.24, 2.45) is 0 Å². The van der Waals surface area contributed by atoms with Crippen molar-refractivity contribution < 1.29 is 0 Å². The predicted octanol–water partition coefficient (Wildman–Crippen LogP) is 1.58. The molecule has 2 aromatic heterocycles. The van der Waals surface area contributed by atoms with E-state index in [1.807, 2.05) is 0 Å². The van der Waals surface area contributed by atoms with Gasteiger partial charge in [0, 0.05) is 6.42 Å². The van der Waals surface area contributed by atoms with Crippen LogP contribution in [0.15, 0.2) is 5.51 Å². The maximum absolute atomic E-state index is 4.29. The van der Waals surface area contributed by atoms with Crippen molar-refractivity contribution >= 4 is 21.8 Å². The van der Waals surface area contributed by atoms with Crippen LogP contribution in [0.5, 0.6) is 0 Å². The molecule has 0 aliphatic carbocycles. The third kappa shape index (κ3) is 0.724. The average molecular weight is 153 g/mol. The minimum atomic E-state index is 0.918. The number of aromatic amines is 1. The molecule has 0 amide bonds. The van der Waals surface area contributed by atoms with E-state index in [1.165, 1.54) is 0 Å². The van der Waals surface area contributed by atoms with Gasteiger partial charge in [0.05, 0.1) is 5.51 Å². The fraction of sp³-hybridized carbons (Fsp3) is 0.333. The molecule has 0 saturated carbocycles. The third-order valence-corrected chi connectivity index (χ3v) is 2.10. The molecule has 0 aliphatic heterocycles. The Morgan fingerprint density at radius 1 is 1.70 bits per heavy atom. The largest absolute Gasteiger partial charge is 0.326 e. The quantitative estimate of drug-likeness (QED) is 0.675. The molecule has 1 N–H and O–H groups in total. The Hall–Kier alpha value is -0.900. The molecular formula is C6H7N3S. The Labute approximate surface area is 62.1 Å². The van der Waals surface area contributed by atoms with Crippen molar-refractivity contribution in [1.29, 1.82) is 0 Å². The summed E-state index contributed by atoms with van der Waals surface area (Å²) in [6, 6.07) is 0. The second-order valence-corrected chi connectivity index (χ2v) is 2.88. The summed E-state index contributed by atoms with van der Waals surface area (Å²) in [6.45, 7) is 2.07. The second-order valence-electron chi connectivity index (χ2n) is 2.04.